The average molecular weight is 234 g/mol. The van der Waals surface area contributed by atoms with Gasteiger partial charge in [0.05, 0.1) is 13.2 Å². The Morgan fingerprint density at radius 1 is 0.941 bits per heavy atom. The zero-order valence-electron chi connectivity index (χ0n) is 11.5. The van der Waals surface area contributed by atoms with Crippen LogP contribution in [-0.2, 0) is 9.47 Å². The molecule has 1 aliphatic heterocycles. The molecule has 1 fully saturated rings. The largest absolute Gasteiger partial charge is 0.348 e. The summed E-state index contributed by atoms with van der Waals surface area (Å²) in [4.78, 5) is 0. The van der Waals surface area contributed by atoms with Crippen LogP contribution in [0.3, 0.4) is 0 Å². The smallest absolute Gasteiger partial charge is 0.184 e. The summed E-state index contributed by atoms with van der Waals surface area (Å²) in [7, 11) is 0. The van der Waals surface area contributed by atoms with Crippen molar-refractivity contribution in [2.45, 2.75) is 40.9 Å². The lowest BCUT2D eigenvalue weighted by Gasteiger charge is -2.29. The maximum atomic E-state index is 5.78. The number of hydrogen-bond donors (Lipinski definition) is 0. The van der Waals surface area contributed by atoms with Crippen LogP contribution in [0.15, 0.2) is 6.07 Å². The molecule has 0 aromatic heterocycles. The Kier molecular flexibility index (Phi) is 3.55. The first-order valence-electron chi connectivity index (χ1n) is 6.31. The van der Waals surface area contributed by atoms with Crippen molar-refractivity contribution in [3.05, 3.63) is 33.9 Å². The van der Waals surface area contributed by atoms with Crippen LogP contribution in [-0.4, -0.2) is 13.2 Å². The Bertz CT molecular complexity index is 415. The second-order valence-electron chi connectivity index (χ2n) is 5.26. The topological polar surface area (TPSA) is 18.5 Å². The standard InChI is InChI=1S/C15H22O2/c1-9-7-16-15(17-8-9)14-6-10(2)11(3)12(4)13(14)5/h6,9,15H,7-8H2,1-5H3. The van der Waals surface area contributed by atoms with E-state index in [1.165, 1.54) is 27.8 Å². The maximum Gasteiger partial charge on any atom is 0.184 e. The lowest BCUT2D eigenvalue weighted by Crippen LogP contribution is -2.25. The predicted molar refractivity (Wildman–Crippen MR) is 69.2 cm³/mol. The van der Waals surface area contributed by atoms with Crippen LogP contribution in [0.1, 0.15) is 41.0 Å². The number of rotatable bonds is 1. The van der Waals surface area contributed by atoms with Crippen LogP contribution in [0.4, 0.5) is 0 Å². The minimum atomic E-state index is -0.177. The van der Waals surface area contributed by atoms with Crippen LogP contribution in [0.25, 0.3) is 0 Å². The van der Waals surface area contributed by atoms with Gasteiger partial charge >= 0.3 is 0 Å². The van der Waals surface area contributed by atoms with Crippen molar-refractivity contribution in [3.8, 4) is 0 Å². The van der Waals surface area contributed by atoms with Crippen LogP contribution in [0.2, 0.25) is 0 Å². The maximum absolute atomic E-state index is 5.78. The van der Waals surface area contributed by atoms with Crippen LogP contribution in [0.5, 0.6) is 0 Å². The number of hydrogen-bond acceptors (Lipinski definition) is 2. The summed E-state index contributed by atoms with van der Waals surface area (Å²) in [6.07, 6.45) is -0.177. The van der Waals surface area contributed by atoms with Gasteiger partial charge < -0.3 is 9.47 Å². The highest BCUT2D eigenvalue weighted by molar-refractivity contribution is 5.44. The van der Waals surface area contributed by atoms with E-state index < -0.39 is 0 Å². The predicted octanol–water partition coefficient (Wildman–Crippen LogP) is 3.60. The highest BCUT2D eigenvalue weighted by Crippen LogP contribution is 2.31. The molecule has 2 heteroatoms. The molecular formula is C15H22O2. The fourth-order valence-electron chi connectivity index (χ4n) is 2.27. The first-order valence-corrected chi connectivity index (χ1v) is 6.31. The summed E-state index contributed by atoms with van der Waals surface area (Å²) < 4.78 is 11.6. The Hall–Kier alpha value is -0.860. The highest BCUT2D eigenvalue weighted by atomic mass is 16.7. The van der Waals surface area contributed by atoms with E-state index in [4.69, 9.17) is 9.47 Å². The van der Waals surface area contributed by atoms with Gasteiger partial charge in [0.25, 0.3) is 0 Å². The van der Waals surface area contributed by atoms with Crippen LogP contribution < -0.4 is 0 Å². The summed E-state index contributed by atoms with van der Waals surface area (Å²) in [5.41, 5.74) is 6.53. The normalized spacial score (nSPS) is 25.0. The lowest BCUT2D eigenvalue weighted by atomic mass is 9.94. The summed E-state index contributed by atoms with van der Waals surface area (Å²) in [6, 6.07) is 2.21. The summed E-state index contributed by atoms with van der Waals surface area (Å²) in [5, 5.41) is 0. The number of ether oxygens (including phenoxy) is 2. The van der Waals surface area contributed by atoms with Gasteiger partial charge in [-0.15, -0.1) is 0 Å². The fourth-order valence-corrected chi connectivity index (χ4v) is 2.27. The molecule has 2 nitrogen and oxygen atoms in total. The minimum absolute atomic E-state index is 0.177. The van der Waals surface area contributed by atoms with Crippen LogP contribution in [0, 0.1) is 33.6 Å². The van der Waals surface area contributed by atoms with E-state index in [0.29, 0.717) is 5.92 Å². The zero-order chi connectivity index (χ0) is 12.6. The van der Waals surface area contributed by atoms with Crippen molar-refractivity contribution in [2.75, 3.05) is 13.2 Å². The van der Waals surface area contributed by atoms with E-state index in [-0.39, 0.29) is 6.29 Å². The Morgan fingerprint density at radius 3 is 2.12 bits per heavy atom. The quantitative estimate of drug-likeness (QED) is 0.739. The molecule has 0 radical (unpaired) electrons. The molecule has 0 aliphatic carbocycles. The molecule has 17 heavy (non-hydrogen) atoms. The molecule has 1 aromatic rings. The van der Waals surface area contributed by atoms with Crippen molar-refractivity contribution >= 4 is 0 Å². The zero-order valence-corrected chi connectivity index (χ0v) is 11.5. The van der Waals surface area contributed by atoms with Gasteiger partial charge in [0, 0.05) is 11.5 Å². The Morgan fingerprint density at radius 2 is 1.53 bits per heavy atom. The van der Waals surface area contributed by atoms with E-state index in [2.05, 4.69) is 40.7 Å². The van der Waals surface area contributed by atoms with E-state index in [9.17, 15) is 0 Å². The molecule has 94 valence electrons. The van der Waals surface area contributed by atoms with Crippen molar-refractivity contribution in [3.63, 3.8) is 0 Å². The molecule has 0 spiro atoms. The summed E-state index contributed by atoms with van der Waals surface area (Å²) in [6.45, 7) is 12.4. The molecule has 0 atom stereocenters. The first-order chi connectivity index (χ1) is 8.00. The van der Waals surface area contributed by atoms with E-state index in [1.807, 2.05) is 0 Å². The molecule has 0 amide bonds. The molecule has 1 aromatic carbocycles. The number of aryl methyl sites for hydroxylation is 1. The lowest BCUT2D eigenvalue weighted by molar-refractivity contribution is -0.202. The van der Waals surface area contributed by atoms with E-state index in [1.54, 1.807) is 0 Å². The third-order valence-electron chi connectivity index (χ3n) is 3.84. The fraction of sp³-hybridized carbons (Fsp3) is 0.600. The van der Waals surface area contributed by atoms with Crippen molar-refractivity contribution in [2.24, 2.45) is 5.92 Å². The van der Waals surface area contributed by atoms with E-state index in [0.717, 1.165) is 13.2 Å². The van der Waals surface area contributed by atoms with Crippen molar-refractivity contribution in [1.82, 2.24) is 0 Å². The molecule has 1 saturated heterocycles. The summed E-state index contributed by atoms with van der Waals surface area (Å²) >= 11 is 0. The summed E-state index contributed by atoms with van der Waals surface area (Å²) in [5.74, 6) is 0.499. The third kappa shape index (κ3) is 2.38. The molecule has 0 bridgehead atoms. The van der Waals surface area contributed by atoms with Crippen molar-refractivity contribution in [1.29, 1.82) is 0 Å². The molecule has 2 rings (SSSR count). The highest BCUT2D eigenvalue weighted by Gasteiger charge is 2.23. The molecule has 1 aliphatic rings. The molecule has 0 unspecified atom stereocenters. The minimum Gasteiger partial charge on any atom is -0.348 e. The SMILES string of the molecule is Cc1cc(C2OCC(C)CO2)c(C)c(C)c1C. The second-order valence-corrected chi connectivity index (χ2v) is 5.26. The van der Waals surface area contributed by atoms with Crippen LogP contribution >= 0.6 is 0 Å². The molecule has 0 saturated carbocycles. The second kappa shape index (κ2) is 4.79. The van der Waals surface area contributed by atoms with Gasteiger partial charge in [-0.05, 0) is 49.9 Å². The Labute approximate surface area is 104 Å². The van der Waals surface area contributed by atoms with Crippen molar-refractivity contribution < 1.29 is 9.47 Å². The van der Waals surface area contributed by atoms with Gasteiger partial charge in [-0.3, -0.25) is 0 Å². The van der Waals surface area contributed by atoms with Gasteiger partial charge in [-0.25, -0.2) is 0 Å². The molecule has 0 N–H and O–H groups in total. The van der Waals surface area contributed by atoms with Gasteiger partial charge in [-0.1, -0.05) is 13.0 Å². The van der Waals surface area contributed by atoms with Gasteiger partial charge in [0.2, 0.25) is 0 Å². The van der Waals surface area contributed by atoms with Gasteiger partial charge in [0.15, 0.2) is 6.29 Å². The molecule has 1 heterocycles. The third-order valence-corrected chi connectivity index (χ3v) is 3.84. The number of benzene rings is 1. The van der Waals surface area contributed by atoms with Gasteiger partial charge in [-0.2, -0.15) is 0 Å². The Balaban J connectivity index is 2.33. The van der Waals surface area contributed by atoms with E-state index >= 15 is 0 Å². The van der Waals surface area contributed by atoms with Gasteiger partial charge in [0.1, 0.15) is 0 Å². The monoisotopic (exact) mass is 234 g/mol. The average Bonchev–Trinajstić information content (AvgIpc) is 2.32. The molecular weight excluding hydrogens is 212 g/mol. The first kappa shape index (κ1) is 12.6.